The molecule has 0 fully saturated rings. The van der Waals surface area contributed by atoms with Crippen molar-refractivity contribution in [1.82, 2.24) is 0 Å². The summed E-state index contributed by atoms with van der Waals surface area (Å²) in [6, 6.07) is 18.1. The van der Waals surface area contributed by atoms with E-state index in [1.54, 1.807) is 0 Å². The third-order valence-corrected chi connectivity index (χ3v) is 7.14. The average molecular weight is 507 g/mol. The smallest absolute Gasteiger partial charge is 0 e. The normalized spacial score (nSPS) is 10.8. The number of hydrogen-bond donors (Lipinski definition) is 0. The minimum atomic E-state index is -1.79. The first-order chi connectivity index (χ1) is 14.6. The van der Waals surface area contributed by atoms with Gasteiger partial charge in [0.05, 0.1) is 14.2 Å². The van der Waals surface area contributed by atoms with Crippen LogP contribution in [0.1, 0.15) is 28.4 Å². The zero-order valence-corrected chi connectivity index (χ0v) is 22.7. The molecule has 0 spiro atoms. The Labute approximate surface area is 205 Å². The molecule has 1 atom stereocenters. The summed E-state index contributed by atoms with van der Waals surface area (Å²) in [5.41, 5.74) is 1.96. The second kappa shape index (κ2) is 17.8. The predicted molar refractivity (Wildman–Crippen MR) is 124 cm³/mol. The van der Waals surface area contributed by atoms with Crippen LogP contribution in [0.3, 0.4) is 0 Å². The van der Waals surface area contributed by atoms with Crippen LogP contribution < -0.4 is 5.19 Å². The number of ketones is 1. The molecule has 1 unspecified atom stereocenters. The second-order valence-corrected chi connectivity index (χ2v) is 18.0. The summed E-state index contributed by atoms with van der Waals surface area (Å²) >= 11 is 0. The van der Waals surface area contributed by atoms with Crippen LogP contribution in [0.2, 0.25) is 39.3 Å². The molecule has 0 amide bonds. The van der Waals surface area contributed by atoms with E-state index in [0.717, 1.165) is 5.56 Å². The van der Waals surface area contributed by atoms with Crippen molar-refractivity contribution in [2.75, 3.05) is 0 Å². The maximum Gasteiger partial charge on any atom is 0 e. The van der Waals surface area contributed by atoms with Crippen molar-refractivity contribution in [1.29, 1.82) is 0 Å². The van der Waals surface area contributed by atoms with Gasteiger partial charge in [0.25, 0.3) is 0 Å². The molecule has 0 bridgehead atoms. The van der Waals surface area contributed by atoms with Gasteiger partial charge >= 0.3 is 33.9 Å². The van der Waals surface area contributed by atoms with Crippen molar-refractivity contribution in [3.05, 3.63) is 85.7 Å². The Hall–Kier alpha value is -1.74. The van der Waals surface area contributed by atoms with E-state index in [4.69, 9.17) is 18.4 Å². The Morgan fingerprint density at radius 2 is 1.25 bits per heavy atom. The Kier molecular flexibility index (Phi) is 19.4. The molecule has 0 saturated heterocycles. The maximum atomic E-state index is 12.8. The number of rotatable bonds is 7. The van der Waals surface area contributed by atoms with Crippen LogP contribution in [-0.4, -0.2) is 22.2 Å². The van der Waals surface area contributed by atoms with Gasteiger partial charge in [0.1, 0.15) is 0 Å². The van der Waals surface area contributed by atoms with Crippen LogP contribution in [0, 0.1) is 20.0 Å². The summed E-state index contributed by atoms with van der Waals surface area (Å²) in [5, 5.41) is 1.39. The average Bonchev–Trinajstić information content (AvgIpc) is 2.76. The van der Waals surface area contributed by atoms with Gasteiger partial charge in [0.15, 0.2) is 14.1 Å². The number of hydrogen-bond acceptors (Lipinski definition) is 2. The molecule has 32 heavy (non-hydrogen) atoms. The van der Waals surface area contributed by atoms with E-state index in [1.807, 2.05) is 30.3 Å². The summed E-state index contributed by atoms with van der Waals surface area (Å²) in [6.07, 6.45) is 0.234. The first-order valence-electron chi connectivity index (χ1n) is 9.54. The minimum absolute atomic E-state index is 0. The van der Waals surface area contributed by atoms with Crippen molar-refractivity contribution < 1.29 is 40.5 Å². The Morgan fingerprint density at radius 3 is 1.69 bits per heavy atom. The molecule has 0 aromatic heterocycles. The third-order valence-electron chi connectivity index (χ3n) is 4.08. The molecule has 0 aliphatic rings. The van der Waals surface area contributed by atoms with Gasteiger partial charge in [-0.15, -0.1) is 0 Å². The number of carbonyl (C=O) groups is 1. The molecule has 5 nitrogen and oxygen atoms in total. The zero-order valence-electron chi connectivity index (χ0n) is 19.4. The standard InChI is InChI=1S/C21H30O2Si2.3CO.Cr/c1-24(2,3)21-15-11-10-14-18(21)20(23-25(4,5)6)16-19(22)17-12-8-7-9-13-17;3*1-2;/h7-15,20H,16H2,1-6H3;;;;. The van der Waals surface area contributed by atoms with E-state index in [9.17, 15) is 4.79 Å². The van der Waals surface area contributed by atoms with E-state index in [-0.39, 0.29) is 29.2 Å². The Morgan fingerprint density at radius 1 is 0.812 bits per heavy atom. The molecule has 2 aromatic carbocycles. The molecule has 8 heteroatoms. The van der Waals surface area contributed by atoms with Gasteiger partial charge in [-0.3, -0.25) is 4.79 Å². The topological polar surface area (TPSA) is 86.0 Å². The number of carbonyl (C=O) groups excluding carboxylic acids is 1. The fourth-order valence-electron chi connectivity index (χ4n) is 3.01. The van der Waals surface area contributed by atoms with E-state index in [2.05, 4.69) is 83.5 Å². The fraction of sp³-hybridized carbons (Fsp3) is 0.333. The molecule has 0 aliphatic heterocycles. The van der Waals surface area contributed by atoms with Gasteiger partial charge in [0.2, 0.25) is 0 Å². The Balaban J connectivity index is -0.00000111. The molecule has 0 N–H and O–H groups in total. The van der Waals surface area contributed by atoms with Gasteiger partial charge in [-0.25, -0.2) is 0 Å². The van der Waals surface area contributed by atoms with Gasteiger partial charge in [0, 0.05) is 29.3 Å². The van der Waals surface area contributed by atoms with Crippen molar-refractivity contribution in [2.45, 2.75) is 51.8 Å². The molecule has 0 radical (unpaired) electrons. The van der Waals surface area contributed by atoms with E-state index >= 15 is 0 Å². The fourth-order valence-corrected chi connectivity index (χ4v) is 5.78. The summed E-state index contributed by atoms with van der Waals surface area (Å²) in [4.78, 5) is 12.8. The third kappa shape index (κ3) is 13.0. The molecule has 0 saturated carbocycles. The van der Waals surface area contributed by atoms with Gasteiger partial charge < -0.3 is 4.43 Å². The van der Waals surface area contributed by atoms with Crippen molar-refractivity contribution >= 4 is 27.4 Å². The SMILES string of the molecule is C[Si](C)(C)OC(CC(=O)c1ccccc1)c1ccccc1[Si](C)(C)C.[C-]#[O+].[C-]#[O+].[C-]#[O+].[Cr]. The van der Waals surface area contributed by atoms with Crippen LogP contribution in [0.15, 0.2) is 54.6 Å². The van der Waals surface area contributed by atoms with Crippen LogP contribution in [-0.2, 0) is 35.7 Å². The summed E-state index contributed by atoms with van der Waals surface area (Å²) in [5.74, 6) is 0.147. The quantitative estimate of drug-likeness (QED) is 0.221. The van der Waals surface area contributed by atoms with E-state index in [0.29, 0.717) is 6.42 Å². The van der Waals surface area contributed by atoms with Crippen molar-refractivity contribution in [2.24, 2.45) is 0 Å². The molecule has 2 aromatic rings. The van der Waals surface area contributed by atoms with Gasteiger partial charge in [-0.05, 0) is 25.2 Å². The molecule has 2 rings (SSSR count). The zero-order chi connectivity index (χ0) is 24.7. The monoisotopic (exact) mass is 506 g/mol. The summed E-state index contributed by atoms with van der Waals surface area (Å²) in [6.45, 7) is 27.1. The Bertz CT molecular complexity index is 836. The van der Waals surface area contributed by atoms with Crippen LogP contribution >= 0.6 is 0 Å². The molecule has 170 valence electrons. The van der Waals surface area contributed by atoms with Crippen molar-refractivity contribution in [3.63, 3.8) is 0 Å². The van der Waals surface area contributed by atoms with Crippen LogP contribution in [0.5, 0.6) is 0 Å². The number of Topliss-reactive ketones (excluding diaryl/α,β-unsaturated/α-hetero) is 1. The van der Waals surface area contributed by atoms with E-state index < -0.39 is 16.4 Å². The minimum Gasteiger partial charge on any atom is 0 e. The van der Waals surface area contributed by atoms with Crippen LogP contribution in [0.4, 0.5) is 0 Å². The first kappa shape index (κ1) is 34.9. The summed E-state index contributed by atoms with van der Waals surface area (Å²) in [7, 11) is -3.31. The largest absolute Gasteiger partial charge is 0 e. The molecular weight excluding hydrogens is 476 g/mol. The molecule has 0 heterocycles. The number of benzene rings is 2. The predicted octanol–water partition coefficient (Wildman–Crippen LogP) is 5.28. The molecular formula is C24H30CrO5Si2. The van der Waals surface area contributed by atoms with Crippen molar-refractivity contribution in [3.8, 4) is 0 Å². The maximum absolute atomic E-state index is 12.8. The first-order valence-corrected chi connectivity index (χ1v) is 16.5. The second-order valence-electron chi connectivity index (χ2n) is 8.55. The van der Waals surface area contributed by atoms with Crippen LogP contribution in [0.25, 0.3) is 0 Å². The van der Waals surface area contributed by atoms with Gasteiger partial charge in [-0.1, -0.05) is 79.4 Å². The van der Waals surface area contributed by atoms with E-state index in [1.165, 1.54) is 10.8 Å². The van der Waals surface area contributed by atoms with Gasteiger partial charge in [-0.2, -0.15) is 0 Å². The molecule has 0 aliphatic carbocycles. The summed E-state index contributed by atoms with van der Waals surface area (Å²) < 4.78 is 29.0.